The van der Waals surface area contributed by atoms with Crippen molar-refractivity contribution in [2.75, 3.05) is 36.1 Å². The van der Waals surface area contributed by atoms with Crippen LogP contribution in [0, 0.1) is 0 Å². The molecule has 2 aromatic carbocycles. The second-order valence-corrected chi connectivity index (χ2v) is 12.5. The van der Waals surface area contributed by atoms with Crippen molar-refractivity contribution in [3.05, 3.63) is 82.2 Å². The lowest BCUT2D eigenvalue weighted by molar-refractivity contribution is -0.145. The van der Waals surface area contributed by atoms with Gasteiger partial charge in [-0.2, -0.15) is 13.2 Å². The summed E-state index contributed by atoms with van der Waals surface area (Å²) < 4.78 is 41.7. The average molecular weight is 651 g/mol. The van der Waals surface area contributed by atoms with Gasteiger partial charge in [0.2, 0.25) is 11.6 Å². The van der Waals surface area contributed by atoms with Crippen LogP contribution < -0.4 is 21.3 Å². The third-order valence-corrected chi connectivity index (χ3v) is 9.49. The zero-order valence-electron chi connectivity index (χ0n) is 25.0. The van der Waals surface area contributed by atoms with Crippen LogP contribution in [0.15, 0.2) is 66.2 Å². The highest BCUT2D eigenvalue weighted by molar-refractivity contribution is 7.12. The Morgan fingerprint density at radius 3 is 2.61 bits per heavy atom. The summed E-state index contributed by atoms with van der Waals surface area (Å²) in [6.45, 7) is 1.91. The number of nitrogens with one attached hydrogen (secondary N) is 4. The molecule has 0 spiro atoms. The minimum absolute atomic E-state index is 0.0348. The number of carbonyl (C=O) groups excluding carboxylic acids is 3. The van der Waals surface area contributed by atoms with Crippen LogP contribution in [0.4, 0.5) is 30.2 Å². The van der Waals surface area contributed by atoms with Crippen LogP contribution in [-0.4, -0.2) is 65.6 Å². The molecular weight excluding hydrogens is 617 g/mol. The number of halogens is 3. The van der Waals surface area contributed by atoms with E-state index in [1.807, 2.05) is 37.4 Å². The number of anilines is 3. The second kappa shape index (κ2) is 13.2. The maximum absolute atomic E-state index is 13.9. The molecule has 240 valence electrons. The molecule has 13 heteroatoms. The summed E-state index contributed by atoms with van der Waals surface area (Å²) in [5, 5.41) is 14.4. The molecule has 3 heterocycles. The maximum Gasteiger partial charge on any atom is 0.416 e. The first-order valence-electron chi connectivity index (χ1n) is 15.0. The van der Waals surface area contributed by atoms with E-state index in [0.717, 1.165) is 65.7 Å². The van der Waals surface area contributed by atoms with Gasteiger partial charge in [-0.25, -0.2) is 0 Å². The number of carbonyl (C=O) groups is 3. The smallest absolute Gasteiger partial charge is 0.380 e. The molecule has 1 aliphatic heterocycles. The highest BCUT2D eigenvalue weighted by Gasteiger charge is 2.49. The standard InChI is InChI=1S/C33H33F3N6O3S/c1-42-13-4-5-23(42)9-12-38-27-28(30(44)29(27)43)40-21-15-20(33(34,35)36)16-22(17-21)41-32(45)31-26(10-14-46-31)39-18-19-8-11-37-25-7-3-2-6-24(19)25/h2-3,6-8,10-11,14-17,23,27-28,38-40H,4-5,9,12-13,18H2,1H3,(H,41,45). The van der Waals surface area contributed by atoms with Crippen molar-refractivity contribution in [3.63, 3.8) is 0 Å². The summed E-state index contributed by atoms with van der Waals surface area (Å²) >= 11 is 1.15. The number of aromatic nitrogens is 1. The SMILES string of the molecule is CN1CCCC1CCNC1C(=O)C(=O)C1Nc1cc(NC(=O)c2sccc2NCc2ccnc3ccccc23)cc(C(F)(F)F)c1. The van der Waals surface area contributed by atoms with Crippen LogP contribution in [0.25, 0.3) is 10.9 Å². The van der Waals surface area contributed by atoms with Crippen molar-refractivity contribution >= 4 is 56.8 Å². The molecule has 1 saturated heterocycles. The van der Waals surface area contributed by atoms with Gasteiger partial charge in [-0.15, -0.1) is 11.3 Å². The number of amides is 1. The largest absolute Gasteiger partial charge is 0.416 e. The van der Waals surface area contributed by atoms with E-state index >= 15 is 0 Å². The second-order valence-electron chi connectivity index (χ2n) is 11.6. The molecule has 2 aliphatic rings. The van der Waals surface area contributed by atoms with Gasteiger partial charge in [0.05, 0.1) is 16.8 Å². The molecule has 6 rings (SSSR count). The lowest BCUT2D eigenvalue weighted by Crippen LogP contribution is -2.67. The highest BCUT2D eigenvalue weighted by Crippen LogP contribution is 2.35. The molecule has 1 aliphatic carbocycles. The Labute approximate surface area is 267 Å². The van der Waals surface area contributed by atoms with Crippen molar-refractivity contribution in [1.29, 1.82) is 0 Å². The molecule has 4 aromatic rings. The Kier molecular flexibility index (Phi) is 9.07. The van der Waals surface area contributed by atoms with Crippen LogP contribution >= 0.6 is 11.3 Å². The summed E-state index contributed by atoms with van der Waals surface area (Å²) in [4.78, 5) is 45.0. The van der Waals surface area contributed by atoms with Gasteiger partial charge in [-0.3, -0.25) is 19.4 Å². The molecule has 1 amide bonds. The van der Waals surface area contributed by atoms with Crippen molar-refractivity contribution in [3.8, 4) is 0 Å². The Hall–Kier alpha value is -4.33. The molecule has 9 nitrogen and oxygen atoms in total. The van der Waals surface area contributed by atoms with E-state index in [1.165, 1.54) is 6.07 Å². The molecule has 3 atom stereocenters. The van der Waals surface area contributed by atoms with E-state index in [9.17, 15) is 27.6 Å². The fraction of sp³-hybridized carbons (Fsp3) is 0.333. The number of Topliss-reactive ketones (excluding diaryl/α,β-unsaturated/α-hetero) is 2. The molecule has 0 radical (unpaired) electrons. The van der Waals surface area contributed by atoms with Gasteiger partial charge in [0.15, 0.2) is 0 Å². The fourth-order valence-corrected chi connectivity index (χ4v) is 6.83. The monoisotopic (exact) mass is 650 g/mol. The number of alkyl halides is 3. The number of hydrogen-bond acceptors (Lipinski definition) is 9. The van der Waals surface area contributed by atoms with Gasteiger partial charge in [-0.05, 0) is 86.7 Å². The summed E-state index contributed by atoms with van der Waals surface area (Å²) in [7, 11) is 2.05. The van der Waals surface area contributed by atoms with Gasteiger partial charge < -0.3 is 26.2 Å². The third kappa shape index (κ3) is 6.76. The normalized spacial score (nSPS) is 20.1. The van der Waals surface area contributed by atoms with Crippen LogP contribution in [-0.2, 0) is 22.3 Å². The van der Waals surface area contributed by atoms with Gasteiger partial charge in [0.1, 0.15) is 17.0 Å². The summed E-state index contributed by atoms with van der Waals surface area (Å²) in [6, 6.07) is 12.9. The summed E-state index contributed by atoms with van der Waals surface area (Å²) in [6.07, 6.45) is -0.0559. The molecule has 3 unspecified atom stereocenters. The van der Waals surface area contributed by atoms with Gasteiger partial charge in [0.25, 0.3) is 5.91 Å². The molecule has 2 aromatic heterocycles. The van der Waals surface area contributed by atoms with Crippen LogP contribution in [0.2, 0.25) is 0 Å². The maximum atomic E-state index is 13.9. The summed E-state index contributed by atoms with van der Waals surface area (Å²) in [5.74, 6) is -1.89. The summed E-state index contributed by atoms with van der Waals surface area (Å²) in [5.41, 5.74) is 1.20. The average Bonchev–Trinajstić information content (AvgIpc) is 3.69. The minimum Gasteiger partial charge on any atom is -0.380 e. The van der Waals surface area contributed by atoms with Crippen molar-refractivity contribution in [2.45, 2.75) is 50.1 Å². The van der Waals surface area contributed by atoms with E-state index in [2.05, 4.69) is 31.2 Å². The lowest BCUT2D eigenvalue weighted by atomic mass is 9.82. The Bertz CT molecular complexity index is 1770. The number of ketones is 2. The first-order chi connectivity index (χ1) is 22.1. The minimum atomic E-state index is -4.72. The van der Waals surface area contributed by atoms with E-state index < -0.39 is 41.3 Å². The Morgan fingerprint density at radius 2 is 1.83 bits per heavy atom. The molecule has 46 heavy (non-hydrogen) atoms. The highest BCUT2D eigenvalue weighted by atomic mass is 32.1. The number of nitrogens with zero attached hydrogens (tertiary/aromatic N) is 2. The van der Waals surface area contributed by atoms with Crippen molar-refractivity contribution in [2.24, 2.45) is 0 Å². The number of rotatable bonds is 11. The van der Waals surface area contributed by atoms with E-state index in [-0.39, 0.29) is 11.4 Å². The number of thiophene rings is 1. The fourth-order valence-electron chi connectivity index (χ4n) is 6.06. The van der Waals surface area contributed by atoms with Gasteiger partial charge in [0, 0.05) is 35.5 Å². The van der Waals surface area contributed by atoms with Crippen LogP contribution in [0.5, 0.6) is 0 Å². The predicted molar refractivity (Wildman–Crippen MR) is 172 cm³/mol. The number of likely N-dealkylation sites (tertiary alicyclic amines) is 1. The van der Waals surface area contributed by atoms with E-state index in [4.69, 9.17) is 0 Å². The number of pyridine rings is 1. The van der Waals surface area contributed by atoms with Crippen molar-refractivity contribution < 1.29 is 27.6 Å². The number of hydrogen-bond donors (Lipinski definition) is 4. The van der Waals surface area contributed by atoms with Crippen LogP contribution in [0.3, 0.4) is 0 Å². The first kappa shape index (κ1) is 31.6. The van der Waals surface area contributed by atoms with Gasteiger partial charge >= 0.3 is 6.18 Å². The van der Waals surface area contributed by atoms with Crippen molar-refractivity contribution in [1.82, 2.24) is 15.2 Å². The van der Waals surface area contributed by atoms with E-state index in [1.54, 1.807) is 17.6 Å². The molecule has 1 saturated carbocycles. The Balaban J connectivity index is 1.15. The Morgan fingerprint density at radius 1 is 1.04 bits per heavy atom. The topological polar surface area (TPSA) is 115 Å². The zero-order chi connectivity index (χ0) is 32.4. The number of fused-ring (bicyclic) bond motifs is 1. The van der Waals surface area contributed by atoms with Gasteiger partial charge in [-0.1, -0.05) is 18.2 Å². The number of para-hydroxylation sites is 1. The molecule has 2 fully saturated rings. The molecular formula is C33H33F3N6O3S. The lowest BCUT2D eigenvalue weighted by Gasteiger charge is -2.35. The van der Waals surface area contributed by atoms with E-state index in [0.29, 0.717) is 29.7 Å². The molecule has 4 N–H and O–H groups in total. The predicted octanol–water partition coefficient (Wildman–Crippen LogP) is 5.55. The first-order valence-corrected chi connectivity index (χ1v) is 15.9. The van der Waals surface area contributed by atoms with Crippen LogP contribution in [0.1, 0.15) is 40.1 Å². The number of benzene rings is 2. The zero-order valence-corrected chi connectivity index (χ0v) is 25.8. The molecule has 0 bridgehead atoms. The quantitative estimate of drug-likeness (QED) is 0.156. The third-order valence-electron chi connectivity index (χ3n) is 8.57.